The SMILES string of the molecule is C1=CB2c3c(ccc4ccccc34)C=CN2C=C1.C1=CB2c3cc4ccccc4cc3C=CN2C=C1.C1=CB2c3ccc4ccccc4c3C=CN2C=C1.C1=CN2C=Cc3ccccc3B2c2ccccc21.C1=Cc2ccccc2N2C=Cc3ccccc3B12.C1=Cc2ccccc2N2C=c3ccccc3=CB12. The fraction of sp³-hybridized carbons (Fsp3) is 0. The molecule has 12 aliphatic heterocycles. The van der Waals surface area contributed by atoms with Crippen LogP contribution in [0.5, 0.6) is 0 Å². The van der Waals surface area contributed by atoms with Crippen molar-refractivity contribution >= 4 is 178 Å². The van der Waals surface area contributed by atoms with Crippen LogP contribution < -0.4 is 52.8 Å². The summed E-state index contributed by atoms with van der Waals surface area (Å²) in [5.41, 5.74) is 21.5. The molecular weight excluding hydrogens is 1300 g/mol. The molecule has 12 heterocycles. The third kappa shape index (κ3) is 12.6. The Morgan fingerprint density at radius 1 is 0.241 bits per heavy atom. The van der Waals surface area contributed by atoms with E-state index in [0.717, 1.165) is 0 Å². The molecule has 0 unspecified atom stereocenters. The van der Waals surface area contributed by atoms with Crippen molar-refractivity contribution in [1.29, 1.82) is 0 Å². The minimum absolute atomic E-state index is 0.326. The minimum Gasteiger partial charge on any atom is -0.389 e. The molecule has 0 aromatic heterocycles. The predicted octanol–water partition coefficient (Wildman–Crippen LogP) is 15.7. The molecule has 108 heavy (non-hydrogen) atoms. The molecule has 0 bridgehead atoms. The number of hydrogen-bond acceptors (Lipinski definition) is 6. The Hall–Kier alpha value is -13.3. The Labute approximate surface area is 634 Å². The molecule has 12 aliphatic rings. The Kier molecular flexibility index (Phi) is 17.6. The van der Waals surface area contributed by atoms with Crippen LogP contribution in [0.3, 0.4) is 0 Å². The van der Waals surface area contributed by atoms with Gasteiger partial charge in [0.25, 0.3) is 0 Å². The van der Waals surface area contributed by atoms with E-state index in [0.29, 0.717) is 41.1 Å². The molecule has 0 amide bonds. The van der Waals surface area contributed by atoms with Crippen LogP contribution in [0.1, 0.15) is 44.5 Å². The molecule has 0 radical (unpaired) electrons. The summed E-state index contributed by atoms with van der Waals surface area (Å²) in [4.78, 5) is 13.7. The fourth-order valence-corrected chi connectivity index (χ4v) is 16.9. The third-order valence-corrected chi connectivity index (χ3v) is 22.2. The van der Waals surface area contributed by atoms with Crippen LogP contribution in [-0.4, -0.2) is 60.3 Å². The van der Waals surface area contributed by atoms with Gasteiger partial charge in [0.2, 0.25) is 0 Å². The van der Waals surface area contributed by atoms with E-state index in [9.17, 15) is 0 Å². The predicted molar refractivity (Wildman–Crippen MR) is 470 cm³/mol. The zero-order chi connectivity index (χ0) is 71.7. The molecule has 0 saturated carbocycles. The van der Waals surface area contributed by atoms with E-state index in [2.05, 4.69) is 467 Å². The maximum atomic E-state index is 2.34. The standard InChI is InChI=1S/6C16H12BN/c1-3-7-15-13(5-1)10-12-18-16-8-4-2-6-14(16)9-11-17(15)18;1-3-7-15-13(5-1)9-11-18-12-10-14-6-2-4-8-16(14)17(15)18;1-2-7-15-12-18-16-8-4-3-5-13(16)9-10-17(18)11-14(15)6-1;1-2-6-15-13(5-1)7-8-14-9-12-18-11-4-3-10-17(18)16(14)15;1-2-6-14-13(5-1)7-8-16-15(14)9-12-18-11-4-3-10-17(16)18;1-2-6-14-12-16-15(11-13(14)5-1)7-10-18-9-4-3-8-17(16)18/h6*1-12H. The molecule has 0 saturated heterocycles. The van der Waals surface area contributed by atoms with Gasteiger partial charge < -0.3 is 28.9 Å². The summed E-state index contributed by atoms with van der Waals surface area (Å²) in [5.74, 6) is 13.6. The summed E-state index contributed by atoms with van der Waals surface area (Å²) in [7, 11) is 0. The number of hydrogen-bond donors (Lipinski definition) is 0. The monoisotopic (exact) mass is 1370 g/mol. The maximum absolute atomic E-state index is 2.34. The Morgan fingerprint density at radius 3 is 1.41 bits per heavy atom. The van der Waals surface area contributed by atoms with Gasteiger partial charge in [-0.1, -0.05) is 303 Å². The highest BCUT2D eigenvalue weighted by molar-refractivity contribution is 6.86. The van der Waals surface area contributed by atoms with Gasteiger partial charge in [-0.2, -0.15) is 0 Å². The van der Waals surface area contributed by atoms with Crippen LogP contribution in [0, 0.1) is 0 Å². The Morgan fingerprint density at radius 2 is 0.713 bits per heavy atom. The van der Waals surface area contributed by atoms with Gasteiger partial charge in [-0.25, -0.2) is 0 Å². The van der Waals surface area contributed by atoms with Gasteiger partial charge in [0.1, 0.15) is 0 Å². The number of para-hydroxylation sites is 2. The van der Waals surface area contributed by atoms with Crippen LogP contribution in [0.2, 0.25) is 0 Å². The van der Waals surface area contributed by atoms with Gasteiger partial charge in [-0.15, -0.1) is 0 Å². The lowest BCUT2D eigenvalue weighted by molar-refractivity contribution is 0.797. The average Bonchev–Trinajstić information content (AvgIpc) is 0.798. The lowest BCUT2D eigenvalue weighted by Crippen LogP contribution is -2.56. The summed E-state index contributed by atoms with van der Waals surface area (Å²) in [6, 6.07) is 90.7. The second kappa shape index (κ2) is 29.0. The molecule has 0 fully saturated rings. The first kappa shape index (κ1) is 65.5. The van der Waals surface area contributed by atoms with Crippen molar-refractivity contribution in [2.45, 2.75) is 0 Å². The van der Waals surface area contributed by atoms with Crippen molar-refractivity contribution < 1.29 is 0 Å². The van der Waals surface area contributed by atoms with Gasteiger partial charge in [0, 0.05) is 11.4 Å². The lowest BCUT2D eigenvalue weighted by atomic mass is 9.45. The number of anilines is 2. The second-order valence-corrected chi connectivity index (χ2v) is 28.4. The van der Waals surface area contributed by atoms with Gasteiger partial charge in [-0.05, 0) is 255 Å². The molecule has 12 heteroatoms. The Balaban J connectivity index is 0.0000000882. The van der Waals surface area contributed by atoms with Crippen molar-refractivity contribution in [1.82, 2.24) is 19.2 Å². The largest absolute Gasteiger partial charge is 0.389 e. The topological polar surface area (TPSA) is 19.4 Å². The highest BCUT2D eigenvalue weighted by Gasteiger charge is 2.35. The molecule has 0 spiro atoms. The molecule has 6 nitrogen and oxygen atoms in total. The molecule has 0 aliphatic carbocycles. The summed E-state index contributed by atoms with van der Waals surface area (Å²) in [6.45, 7) is 2.03. The van der Waals surface area contributed by atoms with E-state index < -0.39 is 0 Å². The molecule has 12 aromatic rings. The summed E-state index contributed by atoms with van der Waals surface area (Å²) < 4.78 is 0. The number of rotatable bonds is 0. The quantitative estimate of drug-likeness (QED) is 0.140. The summed E-state index contributed by atoms with van der Waals surface area (Å²) in [5, 5.41) is 10.6. The molecular formula is C96H72B6N6. The van der Waals surface area contributed by atoms with Crippen molar-refractivity contribution in [3.8, 4) is 0 Å². The minimum atomic E-state index is 0.326. The smallest absolute Gasteiger partial charge is 0.328 e. The maximum Gasteiger partial charge on any atom is 0.328 e. The third-order valence-electron chi connectivity index (χ3n) is 22.2. The number of allylic oxidation sites excluding steroid dienone is 6. The molecule has 504 valence electrons. The molecule has 24 rings (SSSR count). The van der Waals surface area contributed by atoms with Gasteiger partial charge in [-0.3, -0.25) is 0 Å². The van der Waals surface area contributed by atoms with E-state index in [4.69, 9.17) is 0 Å². The van der Waals surface area contributed by atoms with Crippen molar-refractivity contribution in [3.05, 3.63) is 432 Å². The van der Waals surface area contributed by atoms with E-state index in [1.165, 1.54) is 131 Å². The second-order valence-electron chi connectivity index (χ2n) is 28.4. The zero-order valence-electron chi connectivity index (χ0n) is 59.7. The number of benzene rings is 12. The highest BCUT2D eigenvalue weighted by atomic mass is 15.1. The van der Waals surface area contributed by atoms with E-state index in [-0.39, 0.29) is 0 Å². The molecule has 0 N–H and O–H groups in total. The summed E-state index contributed by atoms with van der Waals surface area (Å²) in [6.07, 6.45) is 51.9. The molecule has 0 atom stereocenters. The average molecular weight is 1370 g/mol. The fourth-order valence-electron chi connectivity index (χ4n) is 16.9. The lowest BCUT2D eigenvalue weighted by Gasteiger charge is -2.34. The first-order chi connectivity index (χ1) is 53.6. The first-order valence-corrected chi connectivity index (χ1v) is 37.5. The number of nitrogens with zero attached hydrogens (tertiary/aromatic N) is 6. The van der Waals surface area contributed by atoms with Crippen LogP contribution in [-0.2, 0) is 0 Å². The zero-order valence-corrected chi connectivity index (χ0v) is 59.7. The van der Waals surface area contributed by atoms with Crippen molar-refractivity contribution in [3.63, 3.8) is 0 Å². The van der Waals surface area contributed by atoms with Gasteiger partial charge >= 0.3 is 41.1 Å². The van der Waals surface area contributed by atoms with Crippen molar-refractivity contribution in [2.24, 2.45) is 0 Å². The highest BCUT2D eigenvalue weighted by Crippen LogP contribution is 2.33. The normalized spacial score (nSPS) is 15.6. The number of fused-ring (bicyclic) bond motifs is 28. The summed E-state index contributed by atoms with van der Waals surface area (Å²) >= 11 is 0. The van der Waals surface area contributed by atoms with Crippen LogP contribution >= 0.6 is 0 Å². The Bertz CT molecular complexity index is 6030. The van der Waals surface area contributed by atoms with E-state index in [1.807, 2.05) is 0 Å². The van der Waals surface area contributed by atoms with Crippen molar-refractivity contribution in [2.75, 3.05) is 9.62 Å². The van der Waals surface area contributed by atoms with E-state index in [1.54, 1.807) is 0 Å². The van der Waals surface area contributed by atoms with Gasteiger partial charge in [0.15, 0.2) is 0 Å². The van der Waals surface area contributed by atoms with Gasteiger partial charge in [0.05, 0.1) is 0 Å². The molecule has 12 aromatic carbocycles. The van der Waals surface area contributed by atoms with Crippen LogP contribution in [0.4, 0.5) is 11.4 Å². The first-order valence-electron chi connectivity index (χ1n) is 37.5. The van der Waals surface area contributed by atoms with Crippen LogP contribution in [0.15, 0.2) is 377 Å². The van der Waals surface area contributed by atoms with Crippen LogP contribution in [0.25, 0.3) is 93.1 Å². The van der Waals surface area contributed by atoms with E-state index >= 15 is 0 Å².